The molecule has 0 saturated carbocycles. The summed E-state index contributed by atoms with van der Waals surface area (Å²) in [4.78, 5) is 13.9. The van der Waals surface area contributed by atoms with Crippen LogP contribution in [-0.4, -0.2) is 51.4 Å². The zero-order chi connectivity index (χ0) is 18.2. The van der Waals surface area contributed by atoms with E-state index in [1.165, 1.54) is 0 Å². The molecule has 8 heteroatoms. The van der Waals surface area contributed by atoms with E-state index in [-0.39, 0.29) is 24.4 Å². The van der Waals surface area contributed by atoms with Crippen molar-refractivity contribution >= 4 is 34.0 Å². The molecular weight excluding hydrogens is 374 g/mol. The highest BCUT2D eigenvalue weighted by Crippen LogP contribution is 2.35. The van der Waals surface area contributed by atoms with Crippen molar-refractivity contribution in [1.82, 2.24) is 9.62 Å². The lowest BCUT2D eigenvalue weighted by atomic mass is 10.00. The number of rotatable bonds is 4. The van der Waals surface area contributed by atoms with Gasteiger partial charge in [0.25, 0.3) is 0 Å². The summed E-state index contributed by atoms with van der Waals surface area (Å²) in [6, 6.07) is 5.25. The van der Waals surface area contributed by atoms with Crippen LogP contribution in [0.25, 0.3) is 0 Å². The van der Waals surface area contributed by atoms with E-state index in [1.807, 2.05) is 14.0 Å². The number of hydrogen-bond acceptors (Lipinski definition) is 4. The molecule has 3 rings (SSSR count). The van der Waals surface area contributed by atoms with Crippen molar-refractivity contribution in [3.63, 3.8) is 0 Å². The Labute approximate surface area is 162 Å². The molecule has 0 aliphatic carbocycles. The summed E-state index contributed by atoms with van der Waals surface area (Å²) in [6.45, 7) is 5.52. The highest BCUT2D eigenvalue weighted by molar-refractivity contribution is 7.89. The number of carbonyl (C=O) groups is 1. The van der Waals surface area contributed by atoms with Gasteiger partial charge < -0.3 is 10.2 Å². The molecule has 2 heterocycles. The summed E-state index contributed by atoms with van der Waals surface area (Å²) in [5, 5.41) is 3.14. The summed E-state index contributed by atoms with van der Waals surface area (Å²) < 4.78 is 27.7. The van der Waals surface area contributed by atoms with Crippen molar-refractivity contribution in [3.8, 4) is 0 Å². The summed E-state index contributed by atoms with van der Waals surface area (Å²) in [7, 11) is -1.59. The lowest BCUT2D eigenvalue weighted by Gasteiger charge is -2.32. The van der Waals surface area contributed by atoms with Crippen LogP contribution in [0.5, 0.6) is 0 Å². The number of fused-ring (bicyclic) bond motifs is 1. The standard InChI is InChI=1S/C18H27N3O3S.ClH/c1-13-9-16-10-17(6-7-18(16)21(13)14(2)22)25(23,24)20-8-4-5-15(12-20)11-19-3;/h6-7,10,13,15,19H,4-5,8-9,11-12H2,1-3H3;1H. The number of hydrogen-bond donors (Lipinski definition) is 1. The van der Waals surface area contributed by atoms with Gasteiger partial charge in [0.15, 0.2) is 0 Å². The number of sulfonamides is 1. The van der Waals surface area contributed by atoms with Crippen LogP contribution in [0.1, 0.15) is 32.3 Å². The van der Waals surface area contributed by atoms with Crippen LogP contribution in [0.4, 0.5) is 5.69 Å². The Balaban J connectivity index is 0.00000243. The van der Waals surface area contributed by atoms with Gasteiger partial charge in [-0.1, -0.05) is 0 Å². The van der Waals surface area contributed by atoms with E-state index < -0.39 is 10.0 Å². The Kier molecular flexibility index (Phi) is 6.71. The fourth-order valence-electron chi connectivity index (χ4n) is 4.10. The SMILES string of the molecule is CNCC1CCCN(S(=O)(=O)c2ccc3c(c2)CC(C)N3C(C)=O)C1.Cl. The highest BCUT2D eigenvalue weighted by atomic mass is 35.5. The Morgan fingerprint density at radius 2 is 2.08 bits per heavy atom. The van der Waals surface area contributed by atoms with Gasteiger partial charge in [-0.05, 0) is 69.5 Å². The third-order valence-electron chi connectivity index (χ3n) is 5.22. The van der Waals surface area contributed by atoms with E-state index >= 15 is 0 Å². The Morgan fingerprint density at radius 1 is 1.35 bits per heavy atom. The maximum absolute atomic E-state index is 13.1. The van der Waals surface area contributed by atoms with Crippen molar-refractivity contribution in [2.24, 2.45) is 5.92 Å². The van der Waals surface area contributed by atoms with Gasteiger partial charge in [-0.15, -0.1) is 12.4 Å². The first-order valence-corrected chi connectivity index (χ1v) is 10.4. The summed E-state index contributed by atoms with van der Waals surface area (Å²) >= 11 is 0. The largest absolute Gasteiger partial charge is 0.319 e. The lowest BCUT2D eigenvalue weighted by molar-refractivity contribution is -0.116. The second-order valence-electron chi connectivity index (χ2n) is 7.16. The minimum absolute atomic E-state index is 0. The number of nitrogens with zero attached hydrogens (tertiary/aromatic N) is 2. The van der Waals surface area contributed by atoms with Crippen LogP contribution in [-0.2, 0) is 21.2 Å². The monoisotopic (exact) mass is 401 g/mol. The molecule has 0 bridgehead atoms. The molecule has 1 fully saturated rings. The summed E-state index contributed by atoms with van der Waals surface area (Å²) in [5.74, 6) is 0.351. The van der Waals surface area contributed by atoms with Crippen LogP contribution in [0, 0.1) is 5.92 Å². The molecule has 1 aromatic rings. The highest BCUT2D eigenvalue weighted by Gasteiger charge is 2.33. The molecular formula is C18H28ClN3O3S. The van der Waals surface area contributed by atoms with Crippen molar-refractivity contribution in [3.05, 3.63) is 23.8 Å². The van der Waals surface area contributed by atoms with Crippen LogP contribution < -0.4 is 10.2 Å². The Morgan fingerprint density at radius 3 is 2.73 bits per heavy atom. The van der Waals surface area contributed by atoms with Crippen molar-refractivity contribution < 1.29 is 13.2 Å². The molecule has 0 radical (unpaired) electrons. The minimum Gasteiger partial charge on any atom is -0.319 e. The first kappa shape index (κ1) is 21.2. The van der Waals surface area contributed by atoms with Crippen LogP contribution in [0.2, 0.25) is 0 Å². The van der Waals surface area contributed by atoms with Crippen molar-refractivity contribution in [1.29, 1.82) is 0 Å². The number of nitrogens with one attached hydrogen (secondary N) is 1. The predicted molar refractivity (Wildman–Crippen MR) is 105 cm³/mol. The molecule has 2 aliphatic heterocycles. The third kappa shape index (κ3) is 3.91. The second-order valence-corrected chi connectivity index (χ2v) is 9.10. The van der Waals surface area contributed by atoms with Crippen LogP contribution in [0.15, 0.2) is 23.1 Å². The second kappa shape index (κ2) is 8.25. The minimum atomic E-state index is -3.49. The fourth-order valence-corrected chi connectivity index (χ4v) is 5.70. The average molecular weight is 402 g/mol. The van der Waals surface area contributed by atoms with E-state index in [2.05, 4.69) is 5.32 Å². The molecule has 6 nitrogen and oxygen atoms in total. The van der Waals surface area contributed by atoms with Gasteiger partial charge in [-0.2, -0.15) is 4.31 Å². The Hall–Kier alpha value is -1.15. The maximum Gasteiger partial charge on any atom is 0.243 e. The first-order valence-electron chi connectivity index (χ1n) is 8.92. The van der Waals surface area contributed by atoms with Gasteiger partial charge >= 0.3 is 0 Å². The van der Waals surface area contributed by atoms with E-state index in [1.54, 1.807) is 34.3 Å². The lowest BCUT2D eigenvalue weighted by Crippen LogP contribution is -2.42. The molecule has 2 aliphatic rings. The van der Waals surface area contributed by atoms with Gasteiger partial charge in [0.2, 0.25) is 15.9 Å². The number of benzene rings is 1. The molecule has 2 unspecified atom stereocenters. The van der Waals surface area contributed by atoms with E-state index in [9.17, 15) is 13.2 Å². The third-order valence-corrected chi connectivity index (χ3v) is 7.08. The zero-order valence-electron chi connectivity index (χ0n) is 15.6. The molecule has 1 aromatic carbocycles. The van der Waals surface area contributed by atoms with Gasteiger partial charge in [0.1, 0.15) is 0 Å². The first-order chi connectivity index (χ1) is 11.8. The number of halogens is 1. The topological polar surface area (TPSA) is 69.7 Å². The van der Waals surface area contributed by atoms with Gasteiger partial charge in [0, 0.05) is 31.7 Å². The maximum atomic E-state index is 13.1. The van der Waals surface area contributed by atoms with Crippen LogP contribution in [0.3, 0.4) is 0 Å². The summed E-state index contributed by atoms with van der Waals surface area (Å²) in [5.41, 5.74) is 1.78. The van der Waals surface area contributed by atoms with Crippen LogP contribution >= 0.6 is 12.4 Å². The fraction of sp³-hybridized carbons (Fsp3) is 0.611. The van der Waals surface area contributed by atoms with Gasteiger partial charge in [-0.25, -0.2) is 8.42 Å². The zero-order valence-corrected chi connectivity index (χ0v) is 17.2. The molecule has 0 spiro atoms. The molecule has 1 amide bonds. The van der Waals surface area contributed by atoms with Crippen molar-refractivity contribution in [2.45, 2.75) is 44.0 Å². The average Bonchev–Trinajstić information content (AvgIpc) is 2.90. The van der Waals surface area contributed by atoms with Gasteiger partial charge in [-0.3, -0.25) is 4.79 Å². The van der Waals surface area contributed by atoms with Crippen molar-refractivity contribution in [2.75, 3.05) is 31.6 Å². The molecule has 2 atom stereocenters. The Bertz CT molecular complexity index is 767. The molecule has 1 saturated heterocycles. The predicted octanol–water partition coefficient (Wildman–Crippen LogP) is 2.03. The molecule has 26 heavy (non-hydrogen) atoms. The smallest absolute Gasteiger partial charge is 0.243 e. The number of carbonyl (C=O) groups excluding carboxylic acids is 1. The van der Waals surface area contributed by atoms with Gasteiger partial charge in [0.05, 0.1) is 4.90 Å². The number of amides is 1. The number of piperidine rings is 1. The molecule has 1 N–H and O–H groups in total. The molecule has 0 aromatic heterocycles. The number of anilines is 1. The normalized spacial score (nSPS) is 23.4. The van der Waals surface area contributed by atoms with E-state index in [4.69, 9.17) is 0 Å². The quantitative estimate of drug-likeness (QED) is 0.838. The summed E-state index contributed by atoms with van der Waals surface area (Å²) in [6.07, 6.45) is 2.65. The molecule has 146 valence electrons. The van der Waals surface area contributed by atoms with E-state index in [0.717, 1.165) is 30.6 Å². The van der Waals surface area contributed by atoms with E-state index in [0.29, 0.717) is 30.3 Å².